The molecule has 1 N–H and O–H groups in total. The molecule has 0 aliphatic rings. The number of rotatable bonds is 8. The Morgan fingerprint density at radius 3 is 2.41 bits per heavy atom. The summed E-state index contributed by atoms with van der Waals surface area (Å²) in [5.41, 5.74) is 4.53. The predicted octanol–water partition coefficient (Wildman–Crippen LogP) is 2.73. The van der Waals surface area contributed by atoms with Crippen molar-refractivity contribution in [2.24, 2.45) is 0 Å². The van der Waals surface area contributed by atoms with Crippen LogP contribution >= 0.6 is 0 Å². The summed E-state index contributed by atoms with van der Waals surface area (Å²) < 4.78 is 5.08. The number of hydrogen-bond donors (Lipinski definition) is 1. The summed E-state index contributed by atoms with van der Waals surface area (Å²) in [6.07, 6.45) is 0. The molecular formula is C16H18N2O4. The van der Waals surface area contributed by atoms with E-state index in [1.54, 1.807) is 31.4 Å². The second-order valence-electron chi connectivity index (χ2n) is 4.73. The average Bonchev–Trinajstić information content (AvgIpc) is 2.55. The third-order valence-electron chi connectivity index (χ3n) is 3.16. The number of hydroxylamine groups is 1. The van der Waals surface area contributed by atoms with E-state index in [1.165, 1.54) is 0 Å². The van der Waals surface area contributed by atoms with Crippen molar-refractivity contribution < 1.29 is 14.5 Å². The van der Waals surface area contributed by atoms with Gasteiger partial charge in [0.15, 0.2) is 0 Å². The highest BCUT2D eigenvalue weighted by molar-refractivity contribution is 5.29. The molecule has 0 aliphatic heterocycles. The molecule has 0 bridgehead atoms. The van der Waals surface area contributed by atoms with E-state index in [4.69, 9.17) is 9.57 Å². The molecule has 1 atom stereocenters. The molecule has 0 saturated heterocycles. The van der Waals surface area contributed by atoms with Crippen molar-refractivity contribution in [1.82, 2.24) is 5.48 Å². The zero-order valence-electron chi connectivity index (χ0n) is 12.3. The van der Waals surface area contributed by atoms with E-state index in [2.05, 4.69) is 5.48 Å². The Bertz CT molecular complexity index is 587. The van der Waals surface area contributed by atoms with Crippen molar-refractivity contribution in [3.05, 3.63) is 75.8 Å². The van der Waals surface area contributed by atoms with Crippen molar-refractivity contribution >= 4 is 0 Å². The first-order valence-corrected chi connectivity index (χ1v) is 6.86. The molecule has 2 aromatic rings. The van der Waals surface area contributed by atoms with Gasteiger partial charge >= 0.3 is 0 Å². The Hall–Kier alpha value is -2.44. The van der Waals surface area contributed by atoms with Crippen molar-refractivity contribution in [3.8, 4) is 5.75 Å². The number of nitro groups is 1. The van der Waals surface area contributed by atoms with Gasteiger partial charge in [-0.1, -0.05) is 42.5 Å². The highest BCUT2D eigenvalue weighted by Gasteiger charge is 2.18. The molecule has 0 saturated carbocycles. The van der Waals surface area contributed by atoms with Crippen molar-refractivity contribution in [2.45, 2.75) is 12.6 Å². The monoisotopic (exact) mass is 302 g/mol. The van der Waals surface area contributed by atoms with Crippen LogP contribution in [0.25, 0.3) is 0 Å². The molecule has 0 fully saturated rings. The van der Waals surface area contributed by atoms with Crippen LogP contribution in [0, 0.1) is 10.1 Å². The molecule has 22 heavy (non-hydrogen) atoms. The van der Waals surface area contributed by atoms with E-state index < -0.39 is 6.04 Å². The normalized spacial score (nSPS) is 11.9. The van der Waals surface area contributed by atoms with Crippen molar-refractivity contribution in [2.75, 3.05) is 13.7 Å². The number of ether oxygens (including phenoxy) is 1. The highest BCUT2D eigenvalue weighted by atomic mass is 16.7. The lowest BCUT2D eigenvalue weighted by atomic mass is 10.1. The van der Waals surface area contributed by atoms with Crippen molar-refractivity contribution in [1.29, 1.82) is 0 Å². The smallest absolute Gasteiger partial charge is 0.225 e. The molecule has 1 unspecified atom stereocenters. The van der Waals surface area contributed by atoms with E-state index in [0.717, 1.165) is 11.1 Å². The Labute approximate surface area is 128 Å². The topological polar surface area (TPSA) is 73.6 Å². The van der Waals surface area contributed by atoms with Crippen LogP contribution in [0.2, 0.25) is 0 Å². The molecule has 0 spiro atoms. The van der Waals surface area contributed by atoms with E-state index >= 15 is 0 Å². The Kier molecular flexibility index (Phi) is 5.88. The second-order valence-corrected chi connectivity index (χ2v) is 4.73. The first-order valence-electron chi connectivity index (χ1n) is 6.86. The Morgan fingerprint density at radius 2 is 1.82 bits per heavy atom. The van der Waals surface area contributed by atoms with E-state index in [-0.39, 0.29) is 11.5 Å². The average molecular weight is 302 g/mol. The highest BCUT2D eigenvalue weighted by Crippen LogP contribution is 2.18. The lowest BCUT2D eigenvalue weighted by molar-refractivity contribution is -0.486. The largest absolute Gasteiger partial charge is 0.497 e. The SMILES string of the molecule is COc1ccc(C(C[N+](=O)[O-])NOCc2ccccc2)cc1. The quantitative estimate of drug-likeness (QED) is 0.599. The molecule has 2 aromatic carbocycles. The maximum atomic E-state index is 10.8. The molecule has 0 heterocycles. The molecule has 6 heteroatoms. The zero-order valence-corrected chi connectivity index (χ0v) is 12.3. The van der Waals surface area contributed by atoms with Crippen LogP contribution in [-0.2, 0) is 11.4 Å². The lowest BCUT2D eigenvalue weighted by Gasteiger charge is -2.15. The second kappa shape index (κ2) is 8.11. The van der Waals surface area contributed by atoms with Crippen LogP contribution < -0.4 is 10.2 Å². The van der Waals surface area contributed by atoms with Gasteiger partial charge in [-0.2, -0.15) is 5.48 Å². The molecular weight excluding hydrogens is 284 g/mol. The summed E-state index contributed by atoms with van der Waals surface area (Å²) in [4.78, 5) is 15.9. The molecule has 0 radical (unpaired) electrons. The van der Waals surface area contributed by atoms with Gasteiger partial charge in [0.05, 0.1) is 13.7 Å². The van der Waals surface area contributed by atoms with Gasteiger partial charge in [-0.05, 0) is 23.3 Å². The standard InChI is InChI=1S/C16H18N2O4/c1-21-15-9-7-14(8-10-15)16(11-18(19)20)17-22-12-13-5-3-2-4-6-13/h2-10,16-17H,11-12H2,1H3. The molecule has 2 rings (SSSR count). The molecule has 0 aromatic heterocycles. The summed E-state index contributed by atoms with van der Waals surface area (Å²) in [6, 6.07) is 16.2. The van der Waals surface area contributed by atoms with Crippen LogP contribution in [0.3, 0.4) is 0 Å². The van der Waals surface area contributed by atoms with Gasteiger partial charge in [0.2, 0.25) is 6.54 Å². The predicted molar refractivity (Wildman–Crippen MR) is 82.0 cm³/mol. The summed E-state index contributed by atoms with van der Waals surface area (Å²) in [5, 5.41) is 10.8. The van der Waals surface area contributed by atoms with Gasteiger partial charge in [0.1, 0.15) is 11.8 Å². The molecule has 0 aliphatic carbocycles. The van der Waals surface area contributed by atoms with Gasteiger partial charge in [0, 0.05) is 4.92 Å². The molecule has 116 valence electrons. The zero-order chi connectivity index (χ0) is 15.8. The van der Waals surface area contributed by atoms with Gasteiger partial charge in [-0.3, -0.25) is 15.0 Å². The first kappa shape index (κ1) is 15.9. The fraction of sp³-hybridized carbons (Fsp3) is 0.250. The lowest BCUT2D eigenvalue weighted by Crippen LogP contribution is -2.28. The summed E-state index contributed by atoms with van der Waals surface area (Å²) in [6.45, 7) is 0.0757. The first-order chi connectivity index (χ1) is 10.7. The summed E-state index contributed by atoms with van der Waals surface area (Å²) in [7, 11) is 1.57. The fourth-order valence-electron chi connectivity index (χ4n) is 2.00. The molecule has 6 nitrogen and oxygen atoms in total. The number of nitrogens with one attached hydrogen (secondary N) is 1. The number of hydrogen-bond acceptors (Lipinski definition) is 5. The summed E-state index contributed by atoms with van der Waals surface area (Å²) >= 11 is 0. The van der Waals surface area contributed by atoms with Crippen molar-refractivity contribution in [3.63, 3.8) is 0 Å². The van der Waals surface area contributed by atoms with Gasteiger partial charge in [-0.15, -0.1) is 0 Å². The maximum Gasteiger partial charge on any atom is 0.225 e. The fourth-order valence-corrected chi connectivity index (χ4v) is 2.00. The van der Waals surface area contributed by atoms with Crippen LogP contribution in [0.1, 0.15) is 17.2 Å². The third-order valence-corrected chi connectivity index (χ3v) is 3.16. The number of benzene rings is 2. The van der Waals surface area contributed by atoms with Gasteiger partial charge in [-0.25, -0.2) is 0 Å². The Morgan fingerprint density at radius 1 is 1.14 bits per heavy atom. The van der Waals surface area contributed by atoms with Gasteiger partial charge < -0.3 is 4.74 Å². The minimum Gasteiger partial charge on any atom is -0.497 e. The third kappa shape index (κ3) is 4.83. The van der Waals surface area contributed by atoms with E-state index in [0.29, 0.717) is 12.4 Å². The molecule has 0 amide bonds. The van der Waals surface area contributed by atoms with Crippen LogP contribution in [0.5, 0.6) is 5.75 Å². The van der Waals surface area contributed by atoms with E-state index in [1.807, 2.05) is 30.3 Å². The number of methoxy groups -OCH3 is 1. The number of nitrogens with zero attached hydrogens (tertiary/aromatic N) is 1. The van der Waals surface area contributed by atoms with Crippen LogP contribution in [0.4, 0.5) is 0 Å². The maximum absolute atomic E-state index is 10.8. The summed E-state index contributed by atoms with van der Waals surface area (Å²) in [5.74, 6) is 0.703. The van der Waals surface area contributed by atoms with Crippen LogP contribution in [-0.4, -0.2) is 18.6 Å². The minimum absolute atomic E-state index is 0.263. The Balaban J connectivity index is 1.97. The minimum atomic E-state index is -0.524. The van der Waals surface area contributed by atoms with Crippen LogP contribution in [0.15, 0.2) is 54.6 Å². The van der Waals surface area contributed by atoms with E-state index in [9.17, 15) is 10.1 Å². The van der Waals surface area contributed by atoms with Gasteiger partial charge in [0.25, 0.3) is 0 Å².